The van der Waals surface area contributed by atoms with Crippen LogP contribution in [0.5, 0.6) is 5.75 Å². The Bertz CT molecular complexity index is 1140. The van der Waals surface area contributed by atoms with Crippen LogP contribution in [0.4, 0.5) is 0 Å². The zero-order chi connectivity index (χ0) is 21.6. The molecule has 2 heterocycles. The first-order valence-corrected chi connectivity index (χ1v) is 10.8. The van der Waals surface area contributed by atoms with Crippen molar-refractivity contribution in [1.29, 1.82) is 0 Å². The largest absolute Gasteiger partial charge is 0.483 e. The van der Waals surface area contributed by atoms with Crippen molar-refractivity contribution in [3.63, 3.8) is 0 Å². The maximum absolute atomic E-state index is 12.2. The third-order valence-electron chi connectivity index (χ3n) is 4.69. The molecule has 0 spiro atoms. The number of nitrogens with zero attached hydrogens (tertiary/aromatic N) is 3. The number of carbonyl (C=O) groups excluding carboxylic acids is 1. The highest BCUT2D eigenvalue weighted by molar-refractivity contribution is 7.21. The standard InChI is InChI=1S/C24H24N4O2S/c1-28(2)15-19-13-18(24-27-20-5-3-4-6-22(20)31-24)7-8-21(19)30-16-23(29)26-14-17-9-11-25-12-10-17/h3-13H,14-16H2,1-2H3,(H,26,29). The Morgan fingerprint density at radius 2 is 1.90 bits per heavy atom. The predicted molar refractivity (Wildman–Crippen MR) is 124 cm³/mol. The average Bonchev–Trinajstić information content (AvgIpc) is 3.21. The van der Waals surface area contributed by atoms with Gasteiger partial charge in [-0.2, -0.15) is 0 Å². The van der Waals surface area contributed by atoms with Crippen molar-refractivity contribution in [3.8, 4) is 16.3 Å². The highest BCUT2D eigenvalue weighted by atomic mass is 32.1. The van der Waals surface area contributed by atoms with E-state index in [0.717, 1.165) is 31.9 Å². The minimum absolute atomic E-state index is 0.0357. The molecule has 0 atom stereocenters. The molecule has 0 saturated heterocycles. The fourth-order valence-corrected chi connectivity index (χ4v) is 4.17. The summed E-state index contributed by atoms with van der Waals surface area (Å²) in [7, 11) is 4.02. The number of carbonyl (C=O) groups is 1. The van der Waals surface area contributed by atoms with Crippen molar-refractivity contribution >= 4 is 27.5 Å². The number of para-hydroxylation sites is 1. The summed E-state index contributed by atoms with van der Waals surface area (Å²) in [6.07, 6.45) is 3.41. The number of hydrogen-bond acceptors (Lipinski definition) is 6. The Labute approximate surface area is 185 Å². The molecule has 0 saturated carbocycles. The molecular weight excluding hydrogens is 408 g/mol. The van der Waals surface area contributed by atoms with Gasteiger partial charge in [0.25, 0.3) is 5.91 Å². The van der Waals surface area contributed by atoms with Gasteiger partial charge in [-0.3, -0.25) is 9.78 Å². The molecule has 0 radical (unpaired) electrons. The Hall–Kier alpha value is -3.29. The number of pyridine rings is 1. The molecule has 0 aliphatic rings. The van der Waals surface area contributed by atoms with E-state index >= 15 is 0 Å². The molecule has 2 aromatic heterocycles. The molecule has 31 heavy (non-hydrogen) atoms. The molecule has 6 nitrogen and oxygen atoms in total. The normalized spacial score (nSPS) is 11.1. The summed E-state index contributed by atoms with van der Waals surface area (Å²) < 4.78 is 7.03. The molecule has 0 fully saturated rings. The number of rotatable bonds is 8. The number of benzene rings is 2. The van der Waals surface area contributed by atoms with Crippen molar-refractivity contribution in [1.82, 2.24) is 20.2 Å². The van der Waals surface area contributed by atoms with Crippen molar-refractivity contribution in [2.75, 3.05) is 20.7 Å². The van der Waals surface area contributed by atoms with Crippen LogP contribution >= 0.6 is 11.3 Å². The van der Waals surface area contributed by atoms with E-state index in [2.05, 4.69) is 27.3 Å². The van der Waals surface area contributed by atoms with E-state index in [0.29, 0.717) is 18.8 Å². The molecule has 0 aliphatic carbocycles. The highest BCUT2D eigenvalue weighted by Crippen LogP contribution is 2.33. The Morgan fingerprint density at radius 1 is 1.10 bits per heavy atom. The van der Waals surface area contributed by atoms with E-state index in [1.807, 2.05) is 56.6 Å². The van der Waals surface area contributed by atoms with Gasteiger partial charge in [0, 0.05) is 36.6 Å². The van der Waals surface area contributed by atoms with Crippen LogP contribution in [0.1, 0.15) is 11.1 Å². The maximum Gasteiger partial charge on any atom is 0.258 e. The number of amides is 1. The van der Waals surface area contributed by atoms with E-state index in [4.69, 9.17) is 9.72 Å². The van der Waals surface area contributed by atoms with E-state index < -0.39 is 0 Å². The van der Waals surface area contributed by atoms with Gasteiger partial charge in [-0.25, -0.2) is 4.98 Å². The molecule has 0 aliphatic heterocycles. The molecular formula is C24H24N4O2S. The first-order valence-electron chi connectivity index (χ1n) is 10.0. The summed E-state index contributed by atoms with van der Waals surface area (Å²) in [5.41, 5.74) is 4.07. The van der Waals surface area contributed by atoms with Gasteiger partial charge in [0.1, 0.15) is 10.8 Å². The SMILES string of the molecule is CN(C)Cc1cc(-c2nc3ccccc3s2)ccc1OCC(=O)NCc1ccncc1. The van der Waals surface area contributed by atoms with Crippen LogP contribution in [-0.2, 0) is 17.9 Å². The minimum atomic E-state index is -0.164. The molecule has 0 bridgehead atoms. The lowest BCUT2D eigenvalue weighted by Gasteiger charge is -2.16. The number of nitrogens with one attached hydrogen (secondary N) is 1. The number of ether oxygens (including phenoxy) is 1. The number of aromatic nitrogens is 2. The Kier molecular flexibility index (Phi) is 6.54. The van der Waals surface area contributed by atoms with E-state index in [1.165, 1.54) is 0 Å². The van der Waals surface area contributed by atoms with Crippen molar-refractivity contribution in [2.24, 2.45) is 0 Å². The Balaban J connectivity index is 1.47. The van der Waals surface area contributed by atoms with Crippen molar-refractivity contribution < 1.29 is 9.53 Å². The molecule has 2 aromatic carbocycles. The number of fused-ring (bicyclic) bond motifs is 1. The van der Waals surface area contributed by atoms with Crippen molar-refractivity contribution in [3.05, 3.63) is 78.1 Å². The maximum atomic E-state index is 12.2. The lowest BCUT2D eigenvalue weighted by atomic mass is 10.1. The lowest BCUT2D eigenvalue weighted by Crippen LogP contribution is -2.28. The van der Waals surface area contributed by atoms with Crippen LogP contribution in [0.25, 0.3) is 20.8 Å². The first kappa shape index (κ1) is 21.0. The first-order chi connectivity index (χ1) is 15.1. The summed E-state index contributed by atoms with van der Waals surface area (Å²) in [6, 6.07) is 17.9. The second-order valence-corrected chi connectivity index (χ2v) is 8.50. The molecule has 4 rings (SSSR count). The Morgan fingerprint density at radius 3 is 2.68 bits per heavy atom. The van der Waals surface area contributed by atoms with E-state index in [9.17, 15) is 4.79 Å². The van der Waals surface area contributed by atoms with Crippen LogP contribution in [0.2, 0.25) is 0 Å². The quantitative estimate of drug-likeness (QED) is 0.454. The van der Waals surface area contributed by atoms with Gasteiger partial charge in [0.15, 0.2) is 6.61 Å². The average molecular weight is 433 g/mol. The second-order valence-electron chi connectivity index (χ2n) is 7.47. The topological polar surface area (TPSA) is 67.4 Å². The fourth-order valence-electron chi connectivity index (χ4n) is 3.21. The smallest absolute Gasteiger partial charge is 0.258 e. The van der Waals surface area contributed by atoms with Gasteiger partial charge in [-0.15, -0.1) is 11.3 Å². The molecule has 0 unspecified atom stereocenters. The zero-order valence-electron chi connectivity index (χ0n) is 17.5. The van der Waals surface area contributed by atoms with E-state index in [1.54, 1.807) is 23.7 Å². The molecule has 1 amide bonds. The van der Waals surface area contributed by atoms with Gasteiger partial charge < -0.3 is 15.0 Å². The fraction of sp³-hybridized carbons (Fsp3) is 0.208. The van der Waals surface area contributed by atoms with Crippen LogP contribution in [0, 0.1) is 0 Å². The van der Waals surface area contributed by atoms with Crippen LogP contribution < -0.4 is 10.1 Å². The van der Waals surface area contributed by atoms with Gasteiger partial charge >= 0.3 is 0 Å². The summed E-state index contributed by atoms with van der Waals surface area (Å²) in [5.74, 6) is 0.542. The van der Waals surface area contributed by atoms with Gasteiger partial charge in [0.05, 0.1) is 10.2 Å². The third kappa shape index (κ3) is 5.45. The summed E-state index contributed by atoms with van der Waals surface area (Å²) >= 11 is 1.67. The molecule has 1 N–H and O–H groups in total. The number of thiazole rings is 1. The van der Waals surface area contributed by atoms with Gasteiger partial charge in [-0.1, -0.05) is 12.1 Å². The monoisotopic (exact) mass is 432 g/mol. The predicted octanol–water partition coefficient (Wildman–Crippen LogP) is 4.12. The molecule has 7 heteroatoms. The van der Waals surface area contributed by atoms with Crippen LogP contribution in [0.3, 0.4) is 0 Å². The molecule has 4 aromatic rings. The van der Waals surface area contributed by atoms with Crippen LogP contribution in [0.15, 0.2) is 67.0 Å². The number of hydrogen-bond donors (Lipinski definition) is 1. The molecule has 158 valence electrons. The zero-order valence-corrected chi connectivity index (χ0v) is 18.4. The van der Waals surface area contributed by atoms with Crippen LogP contribution in [-0.4, -0.2) is 41.5 Å². The lowest BCUT2D eigenvalue weighted by molar-refractivity contribution is -0.123. The van der Waals surface area contributed by atoms with Crippen molar-refractivity contribution in [2.45, 2.75) is 13.1 Å². The third-order valence-corrected chi connectivity index (χ3v) is 5.77. The summed E-state index contributed by atoms with van der Waals surface area (Å²) in [4.78, 5) is 23.1. The summed E-state index contributed by atoms with van der Waals surface area (Å²) in [5, 5.41) is 3.85. The minimum Gasteiger partial charge on any atom is -0.483 e. The second kappa shape index (κ2) is 9.68. The van der Waals surface area contributed by atoms with Gasteiger partial charge in [-0.05, 0) is 62.1 Å². The summed E-state index contributed by atoms with van der Waals surface area (Å²) in [6.45, 7) is 1.12. The van der Waals surface area contributed by atoms with E-state index in [-0.39, 0.29) is 12.5 Å². The highest BCUT2D eigenvalue weighted by Gasteiger charge is 2.12. The van der Waals surface area contributed by atoms with Gasteiger partial charge in [0.2, 0.25) is 0 Å².